The first kappa shape index (κ1) is 62.5. The Balaban J connectivity index is 0.000000935. The van der Waals surface area contributed by atoms with Gasteiger partial charge in [-0.05, 0) is 129 Å². The number of hydrazine groups is 2. The molecular formula is C42H72ClN6O17P. The zero-order valence-corrected chi connectivity index (χ0v) is 43.5. The van der Waals surface area contributed by atoms with Crippen LogP contribution in [0.5, 0.6) is 0 Å². The number of rotatable bonds is 14. The van der Waals surface area contributed by atoms with E-state index in [2.05, 4.69) is 26.2 Å². The summed E-state index contributed by atoms with van der Waals surface area (Å²) in [4.78, 5) is 104. The van der Waals surface area contributed by atoms with Gasteiger partial charge in [-0.15, -0.1) is 0 Å². The van der Waals surface area contributed by atoms with Crippen LogP contribution in [0.1, 0.15) is 118 Å². The number of hydrogen-bond donors (Lipinski definition) is 4. The lowest BCUT2D eigenvalue weighted by Crippen LogP contribution is -2.45. The van der Waals surface area contributed by atoms with Gasteiger partial charge in [-0.2, -0.15) is 0 Å². The van der Waals surface area contributed by atoms with E-state index in [1.165, 1.54) is 13.8 Å². The molecule has 3 heterocycles. The van der Waals surface area contributed by atoms with Gasteiger partial charge in [0.25, 0.3) is 11.8 Å². The Morgan fingerprint density at radius 3 is 1.54 bits per heavy atom. The number of nitrogens with zero attached hydrogens (tertiary/aromatic N) is 2. The van der Waals surface area contributed by atoms with Crippen molar-refractivity contribution in [2.45, 2.75) is 158 Å². The van der Waals surface area contributed by atoms with E-state index >= 15 is 0 Å². The lowest BCUT2D eigenvalue weighted by atomic mass is 10.1. The van der Waals surface area contributed by atoms with E-state index in [1.54, 1.807) is 102 Å². The molecule has 0 aromatic rings. The highest BCUT2D eigenvalue weighted by atomic mass is 35.5. The minimum absolute atomic E-state index is 0.0725. The van der Waals surface area contributed by atoms with Gasteiger partial charge in [0.1, 0.15) is 45.9 Å². The number of nitrogens with one attached hydrogen (secondary N) is 4. The van der Waals surface area contributed by atoms with E-state index in [0.29, 0.717) is 13.2 Å². The highest BCUT2D eigenvalue weighted by Gasteiger charge is 2.50. The number of fused-ring (bicyclic) bond motifs is 1. The van der Waals surface area contributed by atoms with Gasteiger partial charge in [0.05, 0.1) is 19.8 Å². The van der Waals surface area contributed by atoms with Crippen molar-refractivity contribution < 1.29 is 80.4 Å². The van der Waals surface area contributed by atoms with Crippen LogP contribution in [0.25, 0.3) is 0 Å². The van der Waals surface area contributed by atoms with Crippen molar-refractivity contribution in [1.29, 1.82) is 0 Å². The standard InChI is InChI=1S/C18H27N3O6.C10H21O5P.C8H15N3O3.C6H9ClO3/c1-10(22)11-8-20-9-12(19-16(25)27-18(5,6)7)14(23)21(20)13(11)15(24)26-17(2,3)4;1-5-13-8-10(9(4)11)16(12,14-6-2)15-7-3;1-8(2,3)14-7(13)10-5-4-9-11-6(5)12;1-6(2,3)10-5(9)4(7)8/h12H,8-9H2,1-7H3,(H,19,25);10H,5-8H2,1-4H3;5,9H,4H2,1-3H3,(H,10,13)(H,11,12);1-3H3/t12-;;5-;/m0.0./s1. The fourth-order valence-electron chi connectivity index (χ4n) is 5.34. The van der Waals surface area contributed by atoms with Crippen molar-refractivity contribution in [3.8, 4) is 0 Å². The monoisotopic (exact) mass is 998 g/mol. The summed E-state index contributed by atoms with van der Waals surface area (Å²) in [7, 11) is -3.39. The second-order valence-corrected chi connectivity index (χ2v) is 21.1. The van der Waals surface area contributed by atoms with Gasteiger partial charge in [0.2, 0.25) is 0 Å². The van der Waals surface area contributed by atoms with Crippen LogP contribution in [-0.4, -0.2) is 149 Å². The van der Waals surface area contributed by atoms with Crippen molar-refractivity contribution in [1.82, 2.24) is 31.5 Å². The van der Waals surface area contributed by atoms with Crippen LogP contribution in [0.2, 0.25) is 0 Å². The van der Waals surface area contributed by atoms with Crippen LogP contribution in [0.3, 0.4) is 0 Å². The van der Waals surface area contributed by atoms with Gasteiger partial charge in [-0.1, -0.05) is 0 Å². The van der Waals surface area contributed by atoms with Gasteiger partial charge in [0.15, 0.2) is 11.5 Å². The minimum atomic E-state index is -3.39. The van der Waals surface area contributed by atoms with Crippen molar-refractivity contribution in [3.63, 3.8) is 0 Å². The van der Waals surface area contributed by atoms with Crippen LogP contribution in [0.4, 0.5) is 9.59 Å². The molecule has 3 rings (SSSR count). The summed E-state index contributed by atoms with van der Waals surface area (Å²) in [5, 5.41) is 6.55. The summed E-state index contributed by atoms with van der Waals surface area (Å²) < 4.78 is 47.8. The number of carbonyl (C=O) groups is 9. The Kier molecular flexibility index (Phi) is 25.1. The number of ketones is 2. The quantitative estimate of drug-likeness (QED) is 0.0629. The zero-order chi connectivity index (χ0) is 52.5. The molecule has 67 heavy (non-hydrogen) atoms. The maximum Gasteiger partial charge on any atom is 0.408 e. The zero-order valence-electron chi connectivity index (χ0n) is 41.8. The van der Waals surface area contributed by atoms with E-state index in [1.807, 2.05) is 6.92 Å². The Bertz CT molecular complexity index is 1860. The molecule has 3 aliphatic heterocycles. The molecule has 0 saturated carbocycles. The lowest BCUT2D eigenvalue weighted by Gasteiger charge is -2.24. The highest BCUT2D eigenvalue weighted by molar-refractivity contribution is 7.55. The average Bonchev–Trinajstić information content (AvgIpc) is 3.80. The van der Waals surface area contributed by atoms with E-state index in [-0.39, 0.29) is 61.7 Å². The summed E-state index contributed by atoms with van der Waals surface area (Å²) in [5.41, 5.74) is 1.62. The van der Waals surface area contributed by atoms with Crippen LogP contribution in [0.15, 0.2) is 11.3 Å². The lowest BCUT2D eigenvalue weighted by molar-refractivity contribution is -0.159. The van der Waals surface area contributed by atoms with E-state index in [9.17, 15) is 47.7 Å². The molecular weight excluding hydrogens is 927 g/mol. The smallest absolute Gasteiger partial charge is 0.408 e. The number of amides is 4. The molecule has 0 aromatic carbocycles. The first-order chi connectivity index (χ1) is 30.4. The van der Waals surface area contributed by atoms with E-state index < -0.39 is 83.0 Å². The van der Waals surface area contributed by atoms with Gasteiger partial charge in [-0.3, -0.25) is 34.0 Å². The van der Waals surface area contributed by atoms with Gasteiger partial charge in [-0.25, -0.2) is 34.6 Å². The van der Waals surface area contributed by atoms with E-state index in [4.69, 9.17) is 39.6 Å². The van der Waals surface area contributed by atoms with E-state index in [0.717, 1.165) is 5.01 Å². The molecule has 0 radical (unpaired) electrons. The molecule has 2 fully saturated rings. The Morgan fingerprint density at radius 2 is 1.19 bits per heavy atom. The van der Waals surface area contributed by atoms with Crippen molar-refractivity contribution in [3.05, 3.63) is 11.3 Å². The maximum atomic E-state index is 12.8. The topological polar surface area (TPSA) is 290 Å². The molecule has 0 spiro atoms. The largest absolute Gasteiger partial charge is 0.455 e. The molecule has 0 aromatic heterocycles. The average molecular weight is 999 g/mol. The SMILES string of the molecule is CC(=O)C1=C(C(=O)OC(C)(C)C)N2C(=O)[C@@H](NC(=O)OC(C)(C)C)CN2C1.CC(C)(C)OC(=O)C(=O)Cl.CC(C)(C)OC(=O)N[C@H]1CNNC1=O.CCOCC(C(C)=O)P(=O)(OCC)OCC. The number of alkyl carbamates (subject to hydrolysis) is 2. The summed E-state index contributed by atoms with van der Waals surface area (Å²) in [6, 6.07) is -1.43. The molecule has 3 atom stereocenters. The van der Waals surface area contributed by atoms with Gasteiger partial charge < -0.3 is 43.4 Å². The maximum absolute atomic E-state index is 12.8. The normalized spacial score (nSPS) is 17.7. The number of halogens is 1. The summed E-state index contributed by atoms with van der Waals surface area (Å²) >= 11 is 4.82. The molecule has 0 bridgehead atoms. The molecule has 4 N–H and O–H groups in total. The van der Waals surface area contributed by atoms with Gasteiger partial charge >= 0.3 is 37.0 Å². The number of carbonyl (C=O) groups excluding carboxylic acids is 9. The predicted octanol–water partition coefficient (Wildman–Crippen LogP) is 3.99. The summed E-state index contributed by atoms with van der Waals surface area (Å²) in [6.45, 7) is 30.1. The Hall–Kier alpha value is -4.51. The molecule has 23 nitrogen and oxygen atoms in total. The van der Waals surface area contributed by atoms with Crippen LogP contribution in [-0.2, 0) is 70.9 Å². The number of hydrogen-bond acceptors (Lipinski definition) is 19. The molecule has 0 aliphatic carbocycles. The minimum Gasteiger partial charge on any atom is -0.455 e. The molecule has 384 valence electrons. The summed E-state index contributed by atoms with van der Waals surface area (Å²) in [6.07, 6.45) is -1.31. The Morgan fingerprint density at radius 1 is 0.731 bits per heavy atom. The fourth-order valence-corrected chi connectivity index (χ4v) is 7.27. The van der Waals surface area contributed by atoms with Crippen LogP contribution in [0, 0.1) is 0 Å². The number of esters is 2. The van der Waals surface area contributed by atoms with Crippen molar-refractivity contribution >= 4 is 71.9 Å². The van der Waals surface area contributed by atoms with Crippen molar-refractivity contribution in [2.75, 3.05) is 46.1 Å². The number of Topliss-reactive ketones (excluding diaryl/α,β-unsaturated/α-hetero) is 2. The second kappa shape index (κ2) is 26.9. The number of ether oxygens (including phenoxy) is 5. The molecule has 1 unspecified atom stereocenters. The predicted molar refractivity (Wildman–Crippen MR) is 243 cm³/mol. The molecule has 25 heteroatoms. The summed E-state index contributed by atoms with van der Waals surface area (Å²) in [5.74, 6) is -3.07. The fraction of sp³-hybridized carbons (Fsp3) is 0.738. The highest BCUT2D eigenvalue weighted by Crippen LogP contribution is 2.53. The third-order valence-corrected chi connectivity index (χ3v) is 10.4. The van der Waals surface area contributed by atoms with Crippen LogP contribution < -0.4 is 21.5 Å². The van der Waals surface area contributed by atoms with Crippen LogP contribution >= 0.6 is 19.2 Å². The molecule has 3 aliphatic rings. The molecule has 2 saturated heterocycles. The third-order valence-electron chi connectivity index (χ3n) is 7.76. The Labute approximate surface area is 398 Å². The van der Waals surface area contributed by atoms with Crippen molar-refractivity contribution in [2.24, 2.45) is 0 Å². The first-order valence-corrected chi connectivity index (χ1v) is 23.4. The third kappa shape index (κ3) is 23.9. The molecule has 4 amide bonds. The second-order valence-electron chi connectivity index (χ2n) is 18.6. The first-order valence-electron chi connectivity index (χ1n) is 21.4. The van der Waals surface area contributed by atoms with Gasteiger partial charge in [0, 0.05) is 31.8 Å².